The van der Waals surface area contributed by atoms with Crippen LogP contribution in [-0.2, 0) is 11.2 Å². The third-order valence-corrected chi connectivity index (χ3v) is 3.73. The molecule has 1 aliphatic heterocycles. The van der Waals surface area contributed by atoms with Crippen LogP contribution in [0.2, 0.25) is 0 Å². The van der Waals surface area contributed by atoms with Crippen molar-refractivity contribution in [2.45, 2.75) is 38.3 Å². The lowest BCUT2D eigenvalue weighted by Gasteiger charge is -2.26. The Morgan fingerprint density at radius 3 is 3.12 bits per heavy atom. The number of hydrogen-bond acceptors (Lipinski definition) is 3. The molecule has 94 valence electrons. The summed E-state index contributed by atoms with van der Waals surface area (Å²) < 4.78 is 5.78. The van der Waals surface area contributed by atoms with Crippen molar-refractivity contribution < 1.29 is 4.74 Å². The molecule has 17 heavy (non-hydrogen) atoms. The number of ether oxygens (including phenoxy) is 1. The van der Waals surface area contributed by atoms with Crippen molar-refractivity contribution in [3.05, 3.63) is 30.1 Å². The number of likely N-dealkylation sites (N-methyl/N-ethyl adjacent to an activating group) is 1. The van der Waals surface area contributed by atoms with Gasteiger partial charge in [0.25, 0.3) is 0 Å². The third-order valence-electron chi connectivity index (χ3n) is 3.73. The number of nitrogens with one attached hydrogen (secondary N) is 1. The summed E-state index contributed by atoms with van der Waals surface area (Å²) in [5.41, 5.74) is 1.30. The minimum atomic E-state index is 0.420. The van der Waals surface area contributed by atoms with Gasteiger partial charge in [-0.25, -0.2) is 0 Å². The molecule has 0 saturated carbocycles. The summed E-state index contributed by atoms with van der Waals surface area (Å²) in [6.45, 7) is 3.12. The van der Waals surface area contributed by atoms with Gasteiger partial charge in [-0.15, -0.1) is 0 Å². The van der Waals surface area contributed by atoms with Crippen molar-refractivity contribution in [3.63, 3.8) is 0 Å². The van der Waals surface area contributed by atoms with E-state index in [1.807, 2.05) is 25.5 Å². The monoisotopic (exact) mass is 234 g/mol. The maximum absolute atomic E-state index is 5.78. The van der Waals surface area contributed by atoms with Gasteiger partial charge < -0.3 is 10.1 Å². The lowest BCUT2D eigenvalue weighted by atomic mass is 9.88. The van der Waals surface area contributed by atoms with Gasteiger partial charge in [0.1, 0.15) is 0 Å². The molecule has 3 heteroatoms. The first kappa shape index (κ1) is 12.5. The Kier molecular flexibility index (Phi) is 4.51. The quantitative estimate of drug-likeness (QED) is 0.846. The molecule has 0 spiro atoms. The fourth-order valence-electron chi connectivity index (χ4n) is 2.79. The molecule has 1 saturated heterocycles. The highest BCUT2D eigenvalue weighted by Crippen LogP contribution is 2.27. The van der Waals surface area contributed by atoms with E-state index in [9.17, 15) is 0 Å². The Labute approximate surface area is 104 Å². The van der Waals surface area contributed by atoms with Crippen LogP contribution in [0.4, 0.5) is 0 Å². The zero-order valence-electron chi connectivity index (χ0n) is 10.7. The molecule has 0 aromatic carbocycles. The molecule has 0 aliphatic carbocycles. The number of aromatic nitrogens is 1. The van der Waals surface area contributed by atoms with E-state index in [1.165, 1.54) is 12.0 Å². The summed E-state index contributed by atoms with van der Waals surface area (Å²) in [4.78, 5) is 4.18. The van der Waals surface area contributed by atoms with E-state index in [4.69, 9.17) is 4.74 Å². The number of rotatable bonds is 5. The maximum atomic E-state index is 5.78. The molecule has 2 rings (SSSR count). The lowest BCUT2D eigenvalue weighted by molar-refractivity contribution is 0.0783. The van der Waals surface area contributed by atoms with E-state index in [1.54, 1.807) is 0 Å². The van der Waals surface area contributed by atoms with Crippen molar-refractivity contribution in [2.24, 2.45) is 5.92 Å². The smallest absolute Gasteiger partial charge is 0.0616 e. The molecule has 0 bridgehead atoms. The zero-order chi connectivity index (χ0) is 12.1. The Balaban J connectivity index is 2.01. The van der Waals surface area contributed by atoms with Crippen molar-refractivity contribution in [1.82, 2.24) is 10.3 Å². The van der Waals surface area contributed by atoms with Crippen molar-refractivity contribution in [3.8, 4) is 0 Å². The second-order valence-electron chi connectivity index (χ2n) is 4.73. The zero-order valence-corrected chi connectivity index (χ0v) is 10.7. The summed E-state index contributed by atoms with van der Waals surface area (Å²) in [5, 5.41) is 3.45. The average Bonchev–Trinajstić information content (AvgIpc) is 2.85. The number of nitrogens with zero attached hydrogens (tertiary/aromatic N) is 1. The lowest BCUT2D eigenvalue weighted by Crippen LogP contribution is -2.39. The molecule has 1 aromatic heterocycles. The van der Waals surface area contributed by atoms with E-state index >= 15 is 0 Å². The highest BCUT2D eigenvalue weighted by Gasteiger charge is 2.32. The standard InChI is InChI=1S/C14H22N2O/c1-3-14-12(6-8-17-14)13(15-2)9-11-5-4-7-16-10-11/h4-5,7,10,12-15H,3,6,8-9H2,1-2H3. The van der Waals surface area contributed by atoms with Crippen LogP contribution >= 0.6 is 0 Å². The molecular formula is C14H22N2O. The van der Waals surface area contributed by atoms with E-state index < -0.39 is 0 Å². The molecule has 2 heterocycles. The first-order valence-corrected chi connectivity index (χ1v) is 6.53. The molecule has 3 nitrogen and oxygen atoms in total. The molecular weight excluding hydrogens is 212 g/mol. The molecule has 3 unspecified atom stereocenters. The van der Waals surface area contributed by atoms with Gasteiger partial charge in [-0.05, 0) is 37.9 Å². The van der Waals surface area contributed by atoms with Crippen LogP contribution in [0.15, 0.2) is 24.5 Å². The van der Waals surface area contributed by atoms with Gasteiger partial charge in [0.05, 0.1) is 6.10 Å². The third kappa shape index (κ3) is 3.05. The second-order valence-corrected chi connectivity index (χ2v) is 4.73. The molecule has 0 radical (unpaired) electrons. The number of pyridine rings is 1. The largest absolute Gasteiger partial charge is 0.378 e. The highest BCUT2D eigenvalue weighted by atomic mass is 16.5. The number of hydrogen-bond donors (Lipinski definition) is 1. The Morgan fingerprint density at radius 2 is 2.47 bits per heavy atom. The summed E-state index contributed by atoms with van der Waals surface area (Å²) in [5.74, 6) is 0.630. The van der Waals surface area contributed by atoms with Crippen LogP contribution in [-0.4, -0.2) is 30.8 Å². The van der Waals surface area contributed by atoms with Crippen LogP contribution in [0.5, 0.6) is 0 Å². The van der Waals surface area contributed by atoms with Crippen LogP contribution in [0.25, 0.3) is 0 Å². The van der Waals surface area contributed by atoms with Gasteiger partial charge >= 0.3 is 0 Å². The van der Waals surface area contributed by atoms with Gasteiger partial charge in [-0.1, -0.05) is 13.0 Å². The first-order chi connectivity index (χ1) is 8.35. The minimum Gasteiger partial charge on any atom is -0.378 e. The molecule has 1 fully saturated rings. The topological polar surface area (TPSA) is 34.1 Å². The SMILES string of the molecule is CCC1OCCC1C(Cc1cccnc1)NC. The Hall–Kier alpha value is -0.930. The fourth-order valence-corrected chi connectivity index (χ4v) is 2.79. The van der Waals surface area contributed by atoms with Gasteiger partial charge in [-0.3, -0.25) is 4.98 Å². The fraction of sp³-hybridized carbons (Fsp3) is 0.643. The maximum Gasteiger partial charge on any atom is 0.0616 e. The first-order valence-electron chi connectivity index (χ1n) is 6.53. The van der Waals surface area contributed by atoms with E-state index in [-0.39, 0.29) is 0 Å². The van der Waals surface area contributed by atoms with Crippen LogP contribution < -0.4 is 5.32 Å². The van der Waals surface area contributed by atoms with Gasteiger partial charge in [0.2, 0.25) is 0 Å². The van der Waals surface area contributed by atoms with Crippen LogP contribution in [0, 0.1) is 5.92 Å². The Bertz CT molecular complexity index is 328. The summed E-state index contributed by atoms with van der Waals surface area (Å²) in [6, 6.07) is 4.64. The summed E-state index contributed by atoms with van der Waals surface area (Å²) in [7, 11) is 2.05. The summed E-state index contributed by atoms with van der Waals surface area (Å²) >= 11 is 0. The van der Waals surface area contributed by atoms with Crippen molar-refractivity contribution in [1.29, 1.82) is 0 Å². The molecule has 1 aromatic rings. The van der Waals surface area contributed by atoms with Crippen LogP contribution in [0.1, 0.15) is 25.3 Å². The minimum absolute atomic E-state index is 0.420. The average molecular weight is 234 g/mol. The van der Waals surface area contributed by atoms with Crippen molar-refractivity contribution in [2.75, 3.05) is 13.7 Å². The molecule has 0 amide bonds. The highest BCUT2D eigenvalue weighted by molar-refractivity contribution is 5.11. The molecule has 3 atom stereocenters. The van der Waals surface area contributed by atoms with E-state index in [0.717, 1.165) is 19.4 Å². The normalized spacial score (nSPS) is 26.0. The van der Waals surface area contributed by atoms with Crippen molar-refractivity contribution >= 4 is 0 Å². The van der Waals surface area contributed by atoms with E-state index in [2.05, 4.69) is 23.3 Å². The summed E-state index contributed by atoms with van der Waals surface area (Å²) in [6.07, 6.45) is 7.52. The predicted molar refractivity (Wildman–Crippen MR) is 68.9 cm³/mol. The molecule has 1 N–H and O–H groups in total. The van der Waals surface area contributed by atoms with Gasteiger partial charge in [0, 0.05) is 31.0 Å². The van der Waals surface area contributed by atoms with Crippen LogP contribution in [0.3, 0.4) is 0 Å². The van der Waals surface area contributed by atoms with Gasteiger partial charge in [-0.2, -0.15) is 0 Å². The molecule has 1 aliphatic rings. The van der Waals surface area contributed by atoms with Gasteiger partial charge in [0.15, 0.2) is 0 Å². The predicted octanol–water partition coefficient (Wildman–Crippen LogP) is 2.03. The van der Waals surface area contributed by atoms with E-state index in [0.29, 0.717) is 18.1 Å². The Morgan fingerprint density at radius 1 is 1.59 bits per heavy atom. The second kappa shape index (κ2) is 6.12.